The zero-order valence-electron chi connectivity index (χ0n) is 12.1. The second-order valence-electron chi connectivity index (χ2n) is 5.80. The summed E-state index contributed by atoms with van der Waals surface area (Å²) < 4.78 is 5.39. The summed E-state index contributed by atoms with van der Waals surface area (Å²) in [5.74, 6) is 1.90. The molecule has 0 spiro atoms. The Labute approximate surface area is 116 Å². The Balaban J connectivity index is 2.27. The molecule has 3 atom stereocenters. The second-order valence-corrected chi connectivity index (χ2v) is 5.80. The quantitative estimate of drug-likeness (QED) is 0.876. The van der Waals surface area contributed by atoms with Crippen molar-refractivity contribution in [2.75, 3.05) is 19.0 Å². The molecule has 1 aromatic rings. The van der Waals surface area contributed by atoms with Gasteiger partial charge < -0.3 is 15.2 Å². The van der Waals surface area contributed by atoms with Crippen molar-refractivity contribution in [3.05, 3.63) is 24.3 Å². The largest absolute Gasteiger partial charge is 0.495 e. The van der Waals surface area contributed by atoms with Crippen molar-refractivity contribution < 1.29 is 9.84 Å². The van der Waals surface area contributed by atoms with Crippen LogP contribution >= 0.6 is 0 Å². The molecule has 1 aromatic carbocycles. The van der Waals surface area contributed by atoms with E-state index in [1.807, 2.05) is 24.3 Å². The number of benzene rings is 1. The van der Waals surface area contributed by atoms with Crippen LogP contribution in [0.5, 0.6) is 5.75 Å². The van der Waals surface area contributed by atoms with E-state index in [1.54, 1.807) is 7.11 Å². The fourth-order valence-corrected chi connectivity index (χ4v) is 3.22. The Kier molecular flexibility index (Phi) is 4.35. The molecule has 106 valence electrons. The maximum Gasteiger partial charge on any atom is 0.141 e. The molecule has 1 aliphatic carbocycles. The second kappa shape index (κ2) is 5.83. The molecule has 1 saturated carbocycles. The Bertz CT molecular complexity index is 421. The number of rotatable bonds is 4. The van der Waals surface area contributed by atoms with Crippen molar-refractivity contribution in [1.29, 1.82) is 0 Å². The van der Waals surface area contributed by atoms with Crippen LogP contribution in [0.2, 0.25) is 0 Å². The van der Waals surface area contributed by atoms with Crippen LogP contribution in [0.1, 0.15) is 33.1 Å². The highest BCUT2D eigenvalue weighted by Crippen LogP contribution is 2.41. The Morgan fingerprint density at radius 2 is 2.11 bits per heavy atom. The molecule has 1 fully saturated rings. The van der Waals surface area contributed by atoms with Gasteiger partial charge in [0.25, 0.3) is 0 Å². The standard InChI is InChI=1S/C16H25NO2/c1-12-7-6-10-16(11-18,13(12)2)17-14-8-4-5-9-15(14)19-3/h4-5,8-9,12-13,17-18H,6-7,10-11H2,1-3H3. The van der Waals surface area contributed by atoms with Gasteiger partial charge in [0.05, 0.1) is 24.9 Å². The summed E-state index contributed by atoms with van der Waals surface area (Å²) >= 11 is 0. The maximum atomic E-state index is 9.95. The van der Waals surface area contributed by atoms with Crippen LogP contribution in [0.15, 0.2) is 24.3 Å². The van der Waals surface area contributed by atoms with Gasteiger partial charge in [-0.3, -0.25) is 0 Å². The minimum Gasteiger partial charge on any atom is -0.495 e. The lowest BCUT2D eigenvalue weighted by molar-refractivity contribution is 0.0923. The molecule has 3 nitrogen and oxygen atoms in total. The molecule has 3 unspecified atom stereocenters. The monoisotopic (exact) mass is 263 g/mol. The van der Waals surface area contributed by atoms with Crippen molar-refractivity contribution in [2.24, 2.45) is 11.8 Å². The van der Waals surface area contributed by atoms with Gasteiger partial charge in [-0.15, -0.1) is 0 Å². The van der Waals surface area contributed by atoms with Gasteiger partial charge >= 0.3 is 0 Å². The number of methoxy groups -OCH3 is 1. The summed E-state index contributed by atoms with van der Waals surface area (Å²) in [4.78, 5) is 0. The van der Waals surface area contributed by atoms with Gasteiger partial charge in [-0.25, -0.2) is 0 Å². The minimum absolute atomic E-state index is 0.163. The summed E-state index contributed by atoms with van der Waals surface area (Å²) in [7, 11) is 1.68. The first-order valence-corrected chi connectivity index (χ1v) is 7.15. The van der Waals surface area contributed by atoms with Gasteiger partial charge in [0.1, 0.15) is 5.75 Å². The van der Waals surface area contributed by atoms with E-state index < -0.39 is 0 Å². The van der Waals surface area contributed by atoms with E-state index in [2.05, 4.69) is 19.2 Å². The first-order chi connectivity index (χ1) is 9.13. The lowest BCUT2D eigenvalue weighted by Gasteiger charge is -2.46. The fourth-order valence-electron chi connectivity index (χ4n) is 3.22. The minimum atomic E-state index is -0.230. The van der Waals surface area contributed by atoms with Gasteiger partial charge in [0, 0.05) is 0 Å². The number of nitrogens with one attached hydrogen (secondary N) is 1. The number of aliphatic hydroxyl groups is 1. The zero-order chi connectivity index (χ0) is 13.9. The van der Waals surface area contributed by atoms with E-state index in [1.165, 1.54) is 6.42 Å². The molecule has 0 radical (unpaired) electrons. The van der Waals surface area contributed by atoms with Crippen LogP contribution < -0.4 is 10.1 Å². The average Bonchev–Trinajstić information content (AvgIpc) is 2.44. The van der Waals surface area contributed by atoms with Crippen molar-refractivity contribution in [3.8, 4) is 5.75 Å². The number of hydrogen-bond donors (Lipinski definition) is 2. The highest BCUT2D eigenvalue weighted by atomic mass is 16.5. The number of ether oxygens (including phenoxy) is 1. The normalized spacial score (nSPS) is 30.9. The number of anilines is 1. The van der Waals surface area contributed by atoms with Crippen molar-refractivity contribution in [3.63, 3.8) is 0 Å². The SMILES string of the molecule is COc1ccccc1NC1(CO)CCCC(C)C1C. The highest BCUT2D eigenvalue weighted by molar-refractivity contribution is 5.58. The maximum absolute atomic E-state index is 9.95. The fraction of sp³-hybridized carbons (Fsp3) is 0.625. The van der Waals surface area contributed by atoms with Crippen LogP contribution in [0, 0.1) is 11.8 Å². The predicted octanol–water partition coefficient (Wildman–Crippen LogP) is 3.29. The molecule has 19 heavy (non-hydrogen) atoms. The van der Waals surface area contributed by atoms with E-state index in [4.69, 9.17) is 4.74 Å². The summed E-state index contributed by atoms with van der Waals surface area (Å²) in [6.45, 7) is 4.68. The predicted molar refractivity (Wildman–Crippen MR) is 78.6 cm³/mol. The highest BCUT2D eigenvalue weighted by Gasteiger charge is 2.41. The molecule has 0 heterocycles. The van der Waals surface area contributed by atoms with Crippen molar-refractivity contribution >= 4 is 5.69 Å². The van der Waals surface area contributed by atoms with E-state index in [0.29, 0.717) is 11.8 Å². The summed E-state index contributed by atoms with van der Waals surface area (Å²) in [5.41, 5.74) is 0.742. The van der Waals surface area contributed by atoms with E-state index in [9.17, 15) is 5.11 Å². The molecule has 1 aliphatic rings. The smallest absolute Gasteiger partial charge is 0.141 e. The van der Waals surface area contributed by atoms with Crippen LogP contribution in [-0.4, -0.2) is 24.4 Å². The van der Waals surface area contributed by atoms with Gasteiger partial charge in [-0.2, -0.15) is 0 Å². The van der Waals surface area contributed by atoms with Gasteiger partial charge in [0.15, 0.2) is 0 Å². The first kappa shape index (κ1) is 14.2. The molecule has 0 aliphatic heterocycles. The van der Waals surface area contributed by atoms with Crippen molar-refractivity contribution in [2.45, 2.75) is 38.6 Å². The number of hydrogen-bond acceptors (Lipinski definition) is 3. The van der Waals surface area contributed by atoms with Gasteiger partial charge in [0.2, 0.25) is 0 Å². The molecule has 0 amide bonds. The van der Waals surface area contributed by atoms with Crippen molar-refractivity contribution in [1.82, 2.24) is 0 Å². The third-order valence-electron chi connectivity index (χ3n) is 4.78. The van der Waals surface area contributed by atoms with E-state index in [-0.39, 0.29) is 12.1 Å². The van der Waals surface area contributed by atoms with Gasteiger partial charge in [-0.05, 0) is 30.4 Å². The van der Waals surface area contributed by atoms with Crippen LogP contribution in [-0.2, 0) is 0 Å². The Hall–Kier alpha value is -1.22. The summed E-state index contributed by atoms with van der Waals surface area (Å²) in [5, 5.41) is 13.5. The summed E-state index contributed by atoms with van der Waals surface area (Å²) in [6, 6.07) is 7.92. The molecule has 0 bridgehead atoms. The molecule has 0 aromatic heterocycles. The van der Waals surface area contributed by atoms with Crippen LogP contribution in [0.25, 0.3) is 0 Å². The van der Waals surface area contributed by atoms with E-state index in [0.717, 1.165) is 24.3 Å². The van der Waals surface area contributed by atoms with Gasteiger partial charge in [-0.1, -0.05) is 38.8 Å². The molecule has 3 heteroatoms. The molecule has 2 rings (SSSR count). The van der Waals surface area contributed by atoms with E-state index >= 15 is 0 Å². The zero-order valence-corrected chi connectivity index (χ0v) is 12.1. The number of para-hydroxylation sites is 2. The third-order valence-corrected chi connectivity index (χ3v) is 4.78. The molecule has 0 saturated heterocycles. The lowest BCUT2D eigenvalue weighted by atomic mass is 9.68. The summed E-state index contributed by atoms with van der Waals surface area (Å²) in [6.07, 6.45) is 3.41. The molecular weight excluding hydrogens is 238 g/mol. The average molecular weight is 263 g/mol. The first-order valence-electron chi connectivity index (χ1n) is 7.15. The van der Waals surface area contributed by atoms with Crippen LogP contribution in [0.3, 0.4) is 0 Å². The third kappa shape index (κ3) is 2.71. The Morgan fingerprint density at radius 1 is 1.37 bits per heavy atom. The van der Waals surface area contributed by atoms with Crippen LogP contribution in [0.4, 0.5) is 5.69 Å². The molecule has 2 N–H and O–H groups in total. The Morgan fingerprint density at radius 3 is 2.79 bits per heavy atom. The molecular formula is C16H25NO2. The topological polar surface area (TPSA) is 41.5 Å². The number of aliphatic hydroxyl groups excluding tert-OH is 1. The lowest BCUT2D eigenvalue weighted by Crippen LogP contribution is -2.52.